The molecule has 1 amide bonds. The highest BCUT2D eigenvalue weighted by Gasteiger charge is 2.16. The van der Waals surface area contributed by atoms with Crippen molar-refractivity contribution in [2.75, 3.05) is 7.05 Å². The van der Waals surface area contributed by atoms with Gasteiger partial charge in [-0.05, 0) is 36.0 Å². The van der Waals surface area contributed by atoms with Gasteiger partial charge in [-0.2, -0.15) is 0 Å². The van der Waals surface area contributed by atoms with Crippen molar-refractivity contribution in [3.05, 3.63) is 34.9 Å². The SMILES string of the molecule is CN(N)C(=O)CC(N)c1ccc2c(c1)CCC2. The van der Waals surface area contributed by atoms with Crippen LogP contribution < -0.4 is 11.6 Å². The molecular formula is C13H19N3O. The van der Waals surface area contributed by atoms with Gasteiger partial charge in [-0.1, -0.05) is 18.2 Å². The molecule has 4 heteroatoms. The molecule has 17 heavy (non-hydrogen) atoms. The predicted octanol–water partition coefficient (Wildman–Crippen LogP) is 0.897. The lowest BCUT2D eigenvalue weighted by Gasteiger charge is -2.16. The van der Waals surface area contributed by atoms with Crippen molar-refractivity contribution in [2.24, 2.45) is 11.6 Å². The van der Waals surface area contributed by atoms with E-state index >= 15 is 0 Å². The van der Waals surface area contributed by atoms with E-state index in [1.54, 1.807) is 0 Å². The minimum Gasteiger partial charge on any atom is -0.324 e. The first-order valence-electron chi connectivity index (χ1n) is 5.96. The predicted molar refractivity (Wildman–Crippen MR) is 67.0 cm³/mol. The second-order valence-corrected chi connectivity index (χ2v) is 4.70. The topological polar surface area (TPSA) is 72.3 Å². The largest absolute Gasteiger partial charge is 0.324 e. The quantitative estimate of drug-likeness (QED) is 0.463. The van der Waals surface area contributed by atoms with Crippen molar-refractivity contribution < 1.29 is 4.79 Å². The first-order chi connectivity index (χ1) is 8.08. The third kappa shape index (κ3) is 2.65. The summed E-state index contributed by atoms with van der Waals surface area (Å²) in [7, 11) is 1.54. The van der Waals surface area contributed by atoms with Crippen molar-refractivity contribution in [2.45, 2.75) is 31.7 Å². The van der Waals surface area contributed by atoms with Gasteiger partial charge in [0, 0.05) is 19.5 Å². The van der Waals surface area contributed by atoms with Gasteiger partial charge in [0.1, 0.15) is 0 Å². The fourth-order valence-corrected chi connectivity index (χ4v) is 2.27. The van der Waals surface area contributed by atoms with E-state index in [1.165, 1.54) is 24.6 Å². The lowest BCUT2D eigenvalue weighted by atomic mass is 9.99. The number of benzene rings is 1. The number of nitrogens with zero attached hydrogens (tertiary/aromatic N) is 1. The molecule has 1 aliphatic rings. The maximum atomic E-state index is 11.5. The Morgan fingerprint density at radius 2 is 2.12 bits per heavy atom. The number of carbonyl (C=O) groups excluding carboxylic acids is 1. The third-order valence-electron chi connectivity index (χ3n) is 3.34. The minimum atomic E-state index is -0.264. The van der Waals surface area contributed by atoms with E-state index in [-0.39, 0.29) is 18.4 Å². The Bertz CT molecular complexity index is 429. The van der Waals surface area contributed by atoms with Crippen LogP contribution in [0.3, 0.4) is 0 Å². The number of carbonyl (C=O) groups is 1. The zero-order valence-electron chi connectivity index (χ0n) is 10.1. The van der Waals surface area contributed by atoms with Crippen LogP contribution in [-0.2, 0) is 17.6 Å². The number of amides is 1. The van der Waals surface area contributed by atoms with Crippen LogP contribution in [-0.4, -0.2) is 18.0 Å². The second kappa shape index (κ2) is 4.85. The molecule has 92 valence electrons. The van der Waals surface area contributed by atoms with Crippen molar-refractivity contribution in [1.29, 1.82) is 0 Å². The highest BCUT2D eigenvalue weighted by molar-refractivity contribution is 5.76. The molecule has 1 aromatic rings. The Labute approximate surface area is 102 Å². The summed E-state index contributed by atoms with van der Waals surface area (Å²) in [5.41, 5.74) is 9.85. The average Bonchev–Trinajstić information content (AvgIpc) is 2.75. The fraction of sp³-hybridized carbons (Fsp3) is 0.462. The van der Waals surface area contributed by atoms with Gasteiger partial charge < -0.3 is 5.73 Å². The summed E-state index contributed by atoms with van der Waals surface area (Å²) < 4.78 is 0. The highest BCUT2D eigenvalue weighted by atomic mass is 16.2. The van der Waals surface area contributed by atoms with Crippen LogP contribution in [0.2, 0.25) is 0 Å². The summed E-state index contributed by atoms with van der Waals surface area (Å²) in [4.78, 5) is 11.5. The van der Waals surface area contributed by atoms with Crippen molar-refractivity contribution >= 4 is 5.91 Å². The van der Waals surface area contributed by atoms with Crippen LogP contribution >= 0.6 is 0 Å². The van der Waals surface area contributed by atoms with E-state index in [9.17, 15) is 4.79 Å². The van der Waals surface area contributed by atoms with Crippen LogP contribution in [0.15, 0.2) is 18.2 Å². The number of nitrogens with two attached hydrogens (primary N) is 2. The van der Waals surface area contributed by atoms with Crippen LogP contribution in [0.1, 0.15) is 35.6 Å². The van der Waals surface area contributed by atoms with E-state index in [0.717, 1.165) is 23.4 Å². The molecule has 0 saturated heterocycles. The summed E-state index contributed by atoms with van der Waals surface area (Å²) >= 11 is 0. The Morgan fingerprint density at radius 1 is 1.41 bits per heavy atom. The van der Waals surface area contributed by atoms with Crippen molar-refractivity contribution in [3.8, 4) is 0 Å². The molecule has 2 rings (SSSR count). The Hall–Kier alpha value is -1.39. The molecule has 0 spiro atoms. The molecule has 0 aromatic heterocycles. The zero-order valence-corrected chi connectivity index (χ0v) is 10.1. The average molecular weight is 233 g/mol. The highest BCUT2D eigenvalue weighted by Crippen LogP contribution is 2.25. The van der Waals surface area contributed by atoms with Gasteiger partial charge in [0.05, 0.1) is 0 Å². The first kappa shape index (κ1) is 12.1. The van der Waals surface area contributed by atoms with E-state index < -0.39 is 0 Å². The lowest BCUT2D eigenvalue weighted by molar-refractivity contribution is -0.130. The van der Waals surface area contributed by atoms with Gasteiger partial charge in [0.2, 0.25) is 5.91 Å². The normalized spacial score (nSPS) is 15.5. The van der Waals surface area contributed by atoms with Crippen molar-refractivity contribution in [1.82, 2.24) is 5.01 Å². The molecule has 0 radical (unpaired) electrons. The smallest absolute Gasteiger partial charge is 0.238 e. The Kier molecular flexibility index (Phi) is 3.45. The zero-order chi connectivity index (χ0) is 12.4. The van der Waals surface area contributed by atoms with Gasteiger partial charge in [0.25, 0.3) is 0 Å². The van der Waals surface area contributed by atoms with Crippen LogP contribution in [0, 0.1) is 0 Å². The lowest BCUT2D eigenvalue weighted by Crippen LogP contribution is -2.35. The Balaban J connectivity index is 2.09. The summed E-state index contributed by atoms with van der Waals surface area (Å²) in [6, 6.07) is 6.03. The number of hydrogen-bond donors (Lipinski definition) is 2. The summed E-state index contributed by atoms with van der Waals surface area (Å²) in [5, 5.41) is 1.09. The van der Waals surface area contributed by atoms with Crippen LogP contribution in [0.4, 0.5) is 0 Å². The van der Waals surface area contributed by atoms with Gasteiger partial charge in [-0.3, -0.25) is 9.80 Å². The molecule has 1 aliphatic carbocycles. The molecule has 0 bridgehead atoms. The number of rotatable bonds is 3. The molecule has 0 saturated carbocycles. The number of hydrazine groups is 1. The summed E-state index contributed by atoms with van der Waals surface area (Å²) in [6.45, 7) is 0. The molecular weight excluding hydrogens is 214 g/mol. The Morgan fingerprint density at radius 3 is 2.82 bits per heavy atom. The summed E-state index contributed by atoms with van der Waals surface area (Å²) in [5.74, 6) is 5.24. The number of fused-ring (bicyclic) bond motifs is 1. The van der Waals surface area contributed by atoms with Crippen LogP contribution in [0.25, 0.3) is 0 Å². The minimum absolute atomic E-state index is 0.141. The van der Waals surface area contributed by atoms with E-state index in [1.807, 2.05) is 6.07 Å². The van der Waals surface area contributed by atoms with E-state index in [4.69, 9.17) is 11.6 Å². The molecule has 4 nitrogen and oxygen atoms in total. The van der Waals surface area contributed by atoms with E-state index in [0.29, 0.717) is 0 Å². The van der Waals surface area contributed by atoms with Gasteiger partial charge in [-0.25, -0.2) is 5.84 Å². The third-order valence-corrected chi connectivity index (χ3v) is 3.34. The number of hydrogen-bond acceptors (Lipinski definition) is 3. The molecule has 4 N–H and O–H groups in total. The maximum absolute atomic E-state index is 11.5. The first-order valence-corrected chi connectivity index (χ1v) is 5.96. The molecule has 1 aromatic carbocycles. The van der Waals surface area contributed by atoms with Gasteiger partial charge in [0.15, 0.2) is 0 Å². The van der Waals surface area contributed by atoms with Gasteiger partial charge in [-0.15, -0.1) is 0 Å². The van der Waals surface area contributed by atoms with E-state index in [2.05, 4.69) is 12.1 Å². The monoisotopic (exact) mass is 233 g/mol. The second-order valence-electron chi connectivity index (χ2n) is 4.70. The molecule has 0 fully saturated rings. The van der Waals surface area contributed by atoms with Gasteiger partial charge >= 0.3 is 0 Å². The molecule has 0 heterocycles. The number of aryl methyl sites for hydroxylation is 2. The van der Waals surface area contributed by atoms with Crippen molar-refractivity contribution in [3.63, 3.8) is 0 Å². The molecule has 1 unspecified atom stereocenters. The maximum Gasteiger partial charge on any atom is 0.238 e. The summed E-state index contributed by atoms with van der Waals surface area (Å²) in [6.07, 6.45) is 3.76. The fourth-order valence-electron chi connectivity index (χ4n) is 2.27. The molecule has 1 atom stereocenters. The standard InChI is InChI=1S/C13H19N3O/c1-16(15)13(17)8-12(14)11-6-5-9-3-2-4-10(9)7-11/h5-7,12H,2-4,8,14-15H2,1H3. The van der Waals surface area contributed by atoms with Crippen LogP contribution in [0.5, 0.6) is 0 Å². The molecule has 0 aliphatic heterocycles.